The van der Waals surface area contributed by atoms with Gasteiger partial charge in [-0.25, -0.2) is 4.90 Å². The molecule has 0 fully saturated rings. The number of nitrogens with zero attached hydrogens (tertiary/aromatic N) is 3. The maximum absolute atomic E-state index is 12.4. The molecular weight excluding hydrogens is 422 g/mol. The number of hydrogen-bond donors (Lipinski definition) is 0. The average Bonchev–Trinajstić information content (AvgIpc) is 3.38. The Hall–Kier alpha value is -4.05. The Balaban J connectivity index is 1.46. The maximum Gasteiger partial charge on any atom is 0.271 e. The molecule has 1 aliphatic heterocycles. The van der Waals surface area contributed by atoms with Gasteiger partial charge in [-0.1, -0.05) is 12.1 Å². The zero-order valence-electron chi connectivity index (χ0n) is 16.0. The van der Waals surface area contributed by atoms with Gasteiger partial charge in [0, 0.05) is 18.2 Å². The number of benzene rings is 2. The molecule has 0 saturated carbocycles. The lowest BCUT2D eigenvalue weighted by Gasteiger charge is -2.23. The number of imide groups is 1. The summed E-state index contributed by atoms with van der Waals surface area (Å²) in [5.74, 6) is -0.415. The third-order valence-electron chi connectivity index (χ3n) is 4.65. The molecule has 9 nitrogen and oxygen atoms in total. The maximum atomic E-state index is 12.4. The van der Waals surface area contributed by atoms with Crippen molar-refractivity contribution in [3.8, 4) is 0 Å². The first kappa shape index (κ1) is 20.2. The van der Waals surface area contributed by atoms with E-state index >= 15 is 0 Å². The average molecular weight is 437 g/mol. The van der Waals surface area contributed by atoms with Crippen LogP contribution in [-0.2, 0) is 4.74 Å². The van der Waals surface area contributed by atoms with Gasteiger partial charge < -0.3 is 9.15 Å². The summed E-state index contributed by atoms with van der Waals surface area (Å²) < 4.78 is 11.0. The molecule has 2 aromatic carbocycles. The number of non-ortho nitro benzene ring substituents is 1. The summed E-state index contributed by atoms with van der Waals surface area (Å²) in [7, 11) is 0. The Bertz CT molecular complexity index is 1130. The van der Waals surface area contributed by atoms with Crippen LogP contribution in [0.3, 0.4) is 0 Å². The first-order valence-corrected chi connectivity index (χ1v) is 9.58. The highest BCUT2D eigenvalue weighted by Gasteiger charge is 2.35. The molecule has 1 aromatic heterocycles. The van der Waals surface area contributed by atoms with Crippen LogP contribution in [-0.4, -0.2) is 40.0 Å². The summed E-state index contributed by atoms with van der Waals surface area (Å²) in [5.41, 5.74) is 1.14. The van der Waals surface area contributed by atoms with Gasteiger partial charge in [0.2, 0.25) is 5.88 Å². The van der Waals surface area contributed by atoms with Gasteiger partial charge in [0.25, 0.3) is 22.7 Å². The fourth-order valence-corrected chi connectivity index (χ4v) is 3.45. The fraction of sp³-hybridized carbons (Fsp3) is 0.0952. The summed E-state index contributed by atoms with van der Waals surface area (Å²) in [6, 6.07) is 15.6. The quantitative estimate of drug-likeness (QED) is 0.247. The topological polar surface area (TPSA) is 106 Å². The first-order valence-electron chi connectivity index (χ1n) is 9.17. The highest BCUT2D eigenvalue weighted by molar-refractivity contribution is 7.80. The molecule has 1 aliphatic rings. The number of furan rings is 1. The van der Waals surface area contributed by atoms with E-state index < -0.39 is 4.92 Å². The van der Waals surface area contributed by atoms with Crippen LogP contribution in [0.2, 0.25) is 0 Å². The van der Waals surface area contributed by atoms with Gasteiger partial charge in [0.1, 0.15) is 6.61 Å². The van der Waals surface area contributed by atoms with Crippen molar-refractivity contribution in [1.82, 2.24) is 4.90 Å². The largest absolute Gasteiger partial charge is 0.468 e. The van der Waals surface area contributed by atoms with Gasteiger partial charge in [-0.05, 0) is 42.5 Å². The summed E-state index contributed by atoms with van der Waals surface area (Å²) in [5, 5.41) is 10.9. The molecule has 0 radical (unpaired) electrons. The van der Waals surface area contributed by atoms with Gasteiger partial charge in [-0.2, -0.15) is 0 Å². The lowest BCUT2D eigenvalue weighted by molar-refractivity contribution is -0.384. The van der Waals surface area contributed by atoms with Crippen molar-refractivity contribution in [3.05, 3.63) is 88.2 Å². The molecule has 0 spiro atoms. The number of nitro groups is 1. The molecular formula is C21H15N3O6S. The van der Waals surface area contributed by atoms with E-state index in [0.29, 0.717) is 22.7 Å². The van der Waals surface area contributed by atoms with E-state index in [9.17, 15) is 19.7 Å². The van der Waals surface area contributed by atoms with E-state index in [4.69, 9.17) is 21.4 Å². The summed E-state index contributed by atoms with van der Waals surface area (Å²) in [4.78, 5) is 37.9. The van der Waals surface area contributed by atoms with Crippen LogP contribution >= 0.6 is 12.2 Å². The number of fused-ring (bicyclic) bond motifs is 1. The minimum absolute atomic E-state index is 0.000382. The van der Waals surface area contributed by atoms with Gasteiger partial charge in [0.15, 0.2) is 0 Å². The molecule has 2 heterocycles. The zero-order chi connectivity index (χ0) is 22.0. The van der Waals surface area contributed by atoms with Crippen LogP contribution in [0, 0.1) is 10.1 Å². The van der Waals surface area contributed by atoms with E-state index in [2.05, 4.69) is 0 Å². The highest BCUT2D eigenvalue weighted by Crippen LogP contribution is 2.29. The second-order valence-electron chi connectivity index (χ2n) is 6.48. The van der Waals surface area contributed by atoms with E-state index in [0.717, 1.165) is 4.90 Å². The Labute approximate surface area is 181 Å². The van der Waals surface area contributed by atoms with E-state index in [1.165, 1.54) is 35.4 Å². The van der Waals surface area contributed by atoms with E-state index in [-0.39, 0.29) is 35.8 Å². The predicted molar refractivity (Wildman–Crippen MR) is 114 cm³/mol. The smallest absolute Gasteiger partial charge is 0.271 e. The molecule has 0 N–H and O–H groups in total. The lowest BCUT2D eigenvalue weighted by atomic mass is 10.1. The summed E-state index contributed by atoms with van der Waals surface area (Å²) >= 11 is 5.38. The third-order valence-corrected chi connectivity index (χ3v) is 4.95. The molecule has 0 saturated heterocycles. The SMILES string of the molecule is O=C1c2ccccc2C(=O)N1CCOC(=S)N(c1ccc([N+](=O)[O-])cc1)c1ccco1. The van der Waals surface area contributed by atoms with Crippen molar-refractivity contribution < 1.29 is 23.7 Å². The molecule has 0 bridgehead atoms. The van der Waals surface area contributed by atoms with Crippen molar-refractivity contribution in [2.75, 3.05) is 18.1 Å². The molecule has 3 aromatic rings. The van der Waals surface area contributed by atoms with Crippen LogP contribution in [0.15, 0.2) is 71.3 Å². The number of rotatable bonds is 6. The fourth-order valence-electron chi connectivity index (χ4n) is 3.17. The Morgan fingerprint density at radius 3 is 2.23 bits per heavy atom. The van der Waals surface area contributed by atoms with E-state index in [1.54, 1.807) is 36.4 Å². The second-order valence-corrected chi connectivity index (χ2v) is 6.83. The Morgan fingerprint density at radius 1 is 1.03 bits per heavy atom. The molecule has 4 rings (SSSR count). The number of carbonyl (C=O) groups excluding carboxylic acids is 2. The van der Waals surface area contributed by atoms with Gasteiger partial charge in [-0.15, -0.1) is 0 Å². The lowest BCUT2D eigenvalue weighted by Crippen LogP contribution is -2.35. The monoisotopic (exact) mass is 437 g/mol. The Morgan fingerprint density at radius 2 is 1.68 bits per heavy atom. The molecule has 10 heteroatoms. The minimum Gasteiger partial charge on any atom is -0.468 e. The number of anilines is 2. The number of amides is 2. The molecule has 0 atom stereocenters. The predicted octanol–water partition coefficient (Wildman–Crippen LogP) is 3.92. The van der Waals surface area contributed by atoms with Gasteiger partial charge >= 0.3 is 0 Å². The summed E-state index contributed by atoms with van der Waals surface area (Å²) in [6.45, 7) is -0.0206. The van der Waals surface area contributed by atoms with Crippen LogP contribution in [0.5, 0.6) is 0 Å². The standard InChI is InChI=1S/C21H15N3O6S/c25-19-16-4-1-2-5-17(16)20(26)22(19)11-13-30-21(31)23(18-6-3-12-29-18)14-7-9-15(10-8-14)24(27)28/h1-10,12H,11,13H2. The second kappa shape index (κ2) is 8.36. The molecule has 0 aliphatic carbocycles. The molecule has 31 heavy (non-hydrogen) atoms. The molecule has 156 valence electrons. The van der Waals surface area contributed by atoms with Crippen molar-refractivity contribution in [1.29, 1.82) is 0 Å². The van der Waals surface area contributed by atoms with Gasteiger partial charge in [-0.3, -0.25) is 24.6 Å². The van der Waals surface area contributed by atoms with E-state index in [1.807, 2.05) is 0 Å². The number of ether oxygens (including phenoxy) is 1. The molecule has 2 amide bonds. The normalized spacial score (nSPS) is 12.6. The molecule has 0 unspecified atom stereocenters. The number of carbonyl (C=O) groups is 2. The van der Waals surface area contributed by atoms with Crippen molar-refractivity contribution in [2.45, 2.75) is 0 Å². The number of nitro benzene ring substituents is 1. The van der Waals surface area contributed by atoms with Gasteiger partial charge in [0.05, 0.1) is 34.5 Å². The Kier molecular flexibility index (Phi) is 5.46. The third kappa shape index (κ3) is 3.88. The van der Waals surface area contributed by atoms with Crippen molar-refractivity contribution >= 4 is 46.5 Å². The van der Waals surface area contributed by atoms with Crippen LogP contribution in [0.25, 0.3) is 0 Å². The van der Waals surface area contributed by atoms with Crippen LogP contribution in [0.1, 0.15) is 20.7 Å². The van der Waals surface area contributed by atoms with Crippen molar-refractivity contribution in [3.63, 3.8) is 0 Å². The first-order chi connectivity index (χ1) is 15.0. The summed E-state index contributed by atoms with van der Waals surface area (Å²) in [6.07, 6.45) is 1.45. The zero-order valence-corrected chi connectivity index (χ0v) is 16.8. The van der Waals surface area contributed by atoms with Crippen molar-refractivity contribution in [2.24, 2.45) is 0 Å². The highest BCUT2D eigenvalue weighted by atomic mass is 32.1. The number of hydrogen-bond acceptors (Lipinski definition) is 7. The van der Waals surface area contributed by atoms with Crippen LogP contribution in [0.4, 0.5) is 17.3 Å². The number of thiocarbonyl (C=S) groups is 1. The minimum atomic E-state index is -0.502. The van der Waals surface area contributed by atoms with Crippen LogP contribution < -0.4 is 4.90 Å².